The minimum Gasteiger partial charge on any atom is -0.351 e. The molecule has 104 valence electrons. The van der Waals surface area contributed by atoms with Crippen LogP contribution in [0.25, 0.3) is 0 Å². The Bertz CT molecular complexity index is 577. The molecule has 0 aliphatic heterocycles. The van der Waals surface area contributed by atoms with E-state index in [1.165, 1.54) is 25.7 Å². The maximum Gasteiger partial charge on any atom is 0.252 e. The molecule has 1 heterocycles. The molecule has 3 rings (SSSR count). The van der Waals surface area contributed by atoms with Crippen molar-refractivity contribution in [3.8, 4) is 11.8 Å². The van der Waals surface area contributed by atoms with Gasteiger partial charge in [-0.1, -0.05) is 11.8 Å². The molecule has 0 radical (unpaired) electrons. The van der Waals surface area contributed by atoms with Crippen LogP contribution >= 0.6 is 0 Å². The second-order valence-corrected chi connectivity index (χ2v) is 5.75. The van der Waals surface area contributed by atoms with Crippen molar-refractivity contribution < 1.29 is 4.79 Å². The van der Waals surface area contributed by atoms with E-state index >= 15 is 0 Å². The van der Waals surface area contributed by atoms with E-state index in [1.807, 2.05) is 0 Å². The quantitative estimate of drug-likeness (QED) is 0.810. The van der Waals surface area contributed by atoms with Crippen LogP contribution in [-0.4, -0.2) is 24.0 Å². The van der Waals surface area contributed by atoms with Crippen LogP contribution in [0.3, 0.4) is 0 Å². The van der Waals surface area contributed by atoms with Gasteiger partial charge >= 0.3 is 0 Å². The number of pyridine rings is 1. The zero-order valence-electron chi connectivity index (χ0n) is 11.5. The second kappa shape index (κ2) is 5.26. The summed E-state index contributed by atoms with van der Waals surface area (Å²) < 4.78 is 0. The number of rotatable bonds is 4. The zero-order chi connectivity index (χ0) is 14.0. The van der Waals surface area contributed by atoms with E-state index in [-0.39, 0.29) is 12.5 Å². The van der Waals surface area contributed by atoms with Gasteiger partial charge in [-0.25, -0.2) is 0 Å². The highest BCUT2D eigenvalue weighted by atomic mass is 16.1. The van der Waals surface area contributed by atoms with Gasteiger partial charge in [0.05, 0.1) is 17.7 Å². The Labute approximate surface area is 119 Å². The molecule has 0 unspecified atom stereocenters. The largest absolute Gasteiger partial charge is 0.351 e. The second-order valence-electron chi connectivity index (χ2n) is 5.75. The predicted octanol–water partition coefficient (Wildman–Crippen LogP) is 1.31. The third kappa shape index (κ3) is 2.68. The van der Waals surface area contributed by atoms with Crippen molar-refractivity contribution >= 4 is 5.91 Å². The highest BCUT2D eigenvalue weighted by Crippen LogP contribution is 2.60. The first kappa shape index (κ1) is 13.1. The lowest BCUT2D eigenvalue weighted by molar-refractivity contribution is 0.0942. The Kier molecular flexibility index (Phi) is 3.45. The zero-order valence-corrected chi connectivity index (χ0v) is 11.5. The van der Waals surface area contributed by atoms with E-state index < -0.39 is 0 Å². The SMILES string of the molecule is NCC#Cc1cnccc1C(=O)NCC1(C2CC2)CC1. The van der Waals surface area contributed by atoms with Gasteiger partial charge in [0.25, 0.3) is 5.91 Å². The van der Waals surface area contributed by atoms with Crippen LogP contribution in [0.15, 0.2) is 18.5 Å². The number of nitrogens with zero attached hydrogens (tertiary/aromatic N) is 1. The van der Waals surface area contributed by atoms with Gasteiger partial charge in [-0.15, -0.1) is 0 Å². The number of hydrogen-bond acceptors (Lipinski definition) is 3. The molecule has 0 atom stereocenters. The molecule has 0 bridgehead atoms. The fourth-order valence-electron chi connectivity index (χ4n) is 2.78. The van der Waals surface area contributed by atoms with Gasteiger partial charge < -0.3 is 11.1 Å². The number of carbonyl (C=O) groups excluding carboxylic acids is 1. The Hall–Kier alpha value is -1.86. The molecule has 2 fully saturated rings. The number of hydrogen-bond donors (Lipinski definition) is 2. The minimum atomic E-state index is -0.0550. The number of nitrogens with one attached hydrogen (secondary N) is 1. The average Bonchev–Trinajstić information content (AvgIpc) is 3.35. The molecule has 0 saturated heterocycles. The Morgan fingerprint density at radius 2 is 2.30 bits per heavy atom. The van der Waals surface area contributed by atoms with E-state index in [0.29, 0.717) is 16.5 Å². The lowest BCUT2D eigenvalue weighted by Crippen LogP contribution is -2.31. The summed E-state index contributed by atoms with van der Waals surface area (Å²) in [6, 6.07) is 1.71. The predicted molar refractivity (Wildman–Crippen MR) is 76.9 cm³/mol. The number of carbonyl (C=O) groups is 1. The summed E-state index contributed by atoms with van der Waals surface area (Å²) in [6.07, 6.45) is 8.42. The van der Waals surface area contributed by atoms with E-state index in [0.717, 1.165) is 12.5 Å². The van der Waals surface area contributed by atoms with Crippen molar-refractivity contribution in [2.24, 2.45) is 17.1 Å². The first-order valence-corrected chi connectivity index (χ1v) is 7.16. The third-order valence-electron chi connectivity index (χ3n) is 4.33. The van der Waals surface area contributed by atoms with E-state index in [4.69, 9.17) is 5.73 Å². The molecule has 4 heteroatoms. The lowest BCUT2D eigenvalue weighted by Gasteiger charge is -2.15. The summed E-state index contributed by atoms with van der Waals surface area (Å²) in [6.45, 7) is 1.07. The summed E-state index contributed by atoms with van der Waals surface area (Å²) in [4.78, 5) is 16.3. The van der Waals surface area contributed by atoms with Gasteiger partial charge in [0, 0.05) is 18.9 Å². The van der Waals surface area contributed by atoms with Crippen LogP contribution in [0.1, 0.15) is 41.6 Å². The molecule has 2 saturated carbocycles. The van der Waals surface area contributed by atoms with E-state index in [2.05, 4.69) is 22.1 Å². The monoisotopic (exact) mass is 269 g/mol. The smallest absolute Gasteiger partial charge is 0.252 e. The van der Waals surface area contributed by atoms with Crippen molar-refractivity contribution in [2.45, 2.75) is 25.7 Å². The molecule has 1 aromatic heterocycles. The van der Waals surface area contributed by atoms with Crippen LogP contribution in [0.4, 0.5) is 0 Å². The summed E-state index contributed by atoms with van der Waals surface area (Å²) in [5.74, 6) is 6.46. The molecular formula is C16H19N3O. The van der Waals surface area contributed by atoms with Gasteiger partial charge in [-0.3, -0.25) is 9.78 Å². The fourth-order valence-corrected chi connectivity index (χ4v) is 2.78. The maximum atomic E-state index is 12.3. The first-order valence-electron chi connectivity index (χ1n) is 7.16. The third-order valence-corrected chi connectivity index (χ3v) is 4.33. The van der Waals surface area contributed by atoms with Crippen LogP contribution in [0.2, 0.25) is 0 Å². The summed E-state index contributed by atoms with van der Waals surface area (Å²) in [5.41, 5.74) is 7.02. The molecule has 1 aromatic rings. The topological polar surface area (TPSA) is 68.0 Å². The summed E-state index contributed by atoms with van der Waals surface area (Å²) in [7, 11) is 0. The lowest BCUT2D eigenvalue weighted by atomic mass is 10.0. The molecular weight excluding hydrogens is 250 g/mol. The highest BCUT2D eigenvalue weighted by Gasteiger charge is 2.53. The molecule has 2 aliphatic carbocycles. The molecule has 3 N–H and O–H groups in total. The van der Waals surface area contributed by atoms with Crippen molar-refractivity contribution in [1.82, 2.24) is 10.3 Å². The van der Waals surface area contributed by atoms with Crippen molar-refractivity contribution in [2.75, 3.05) is 13.1 Å². The molecule has 0 aromatic carbocycles. The van der Waals surface area contributed by atoms with Crippen LogP contribution in [0, 0.1) is 23.2 Å². The van der Waals surface area contributed by atoms with Crippen LogP contribution in [0.5, 0.6) is 0 Å². The van der Waals surface area contributed by atoms with Crippen molar-refractivity contribution in [1.29, 1.82) is 0 Å². The highest BCUT2D eigenvalue weighted by molar-refractivity contribution is 5.96. The Morgan fingerprint density at radius 3 is 2.95 bits per heavy atom. The van der Waals surface area contributed by atoms with Crippen LogP contribution in [-0.2, 0) is 0 Å². The number of nitrogens with two attached hydrogens (primary N) is 1. The number of amides is 1. The van der Waals surface area contributed by atoms with Crippen molar-refractivity contribution in [3.05, 3.63) is 29.6 Å². The van der Waals surface area contributed by atoms with Gasteiger partial charge in [-0.05, 0) is 43.1 Å². The minimum absolute atomic E-state index is 0.0550. The normalized spacial score (nSPS) is 18.9. The van der Waals surface area contributed by atoms with E-state index in [9.17, 15) is 4.79 Å². The van der Waals surface area contributed by atoms with Gasteiger partial charge in [0.1, 0.15) is 0 Å². The summed E-state index contributed by atoms with van der Waals surface area (Å²) in [5, 5.41) is 3.07. The first-order chi connectivity index (χ1) is 9.75. The Balaban J connectivity index is 1.67. The average molecular weight is 269 g/mol. The number of aromatic nitrogens is 1. The molecule has 0 spiro atoms. The van der Waals surface area contributed by atoms with Gasteiger partial charge in [0.15, 0.2) is 0 Å². The van der Waals surface area contributed by atoms with E-state index in [1.54, 1.807) is 18.5 Å². The fraction of sp³-hybridized carbons (Fsp3) is 0.500. The molecule has 2 aliphatic rings. The van der Waals surface area contributed by atoms with Gasteiger partial charge in [-0.2, -0.15) is 0 Å². The van der Waals surface area contributed by atoms with Gasteiger partial charge in [0.2, 0.25) is 0 Å². The van der Waals surface area contributed by atoms with Crippen LogP contribution < -0.4 is 11.1 Å². The Morgan fingerprint density at radius 1 is 1.50 bits per heavy atom. The summed E-state index contributed by atoms with van der Waals surface area (Å²) >= 11 is 0. The van der Waals surface area contributed by atoms with Crippen molar-refractivity contribution in [3.63, 3.8) is 0 Å². The molecule has 1 amide bonds. The molecule has 4 nitrogen and oxygen atoms in total. The standard InChI is InChI=1S/C16H19N3O/c17-8-1-2-12-10-18-9-5-14(12)15(20)19-11-16(6-7-16)13-3-4-13/h5,9-10,13H,3-4,6-8,11,17H2,(H,19,20). The molecule has 20 heavy (non-hydrogen) atoms. The maximum absolute atomic E-state index is 12.3.